The molecule has 2 N–H and O–H groups in total. The second kappa shape index (κ2) is 5.09. The van der Waals surface area contributed by atoms with E-state index in [0.717, 1.165) is 45.7 Å². The third-order valence-electron chi connectivity index (χ3n) is 5.87. The zero-order valence-electron chi connectivity index (χ0n) is 13.0. The maximum absolute atomic E-state index is 6.82. The molecule has 3 aliphatic rings. The molecule has 0 bridgehead atoms. The van der Waals surface area contributed by atoms with Gasteiger partial charge < -0.3 is 15.2 Å². The van der Waals surface area contributed by atoms with Crippen LogP contribution in [0.15, 0.2) is 11.6 Å². The highest BCUT2D eigenvalue weighted by atomic mass is 16.5. The van der Waals surface area contributed by atoms with E-state index in [1.54, 1.807) is 7.11 Å². The van der Waals surface area contributed by atoms with Gasteiger partial charge in [0, 0.05) is 50.2 Å². The number of methoxy groups -OCH3 is 1. The van der Waals surface area contributed by atoms with Gasteiger partial charge in [0.1, 0.15) is 0 Å². The van der Waals surface area contributed by atoms with Crippen molar-refractivity contribution in [2.45, 2.75) is 38.3 Å². The first-order valence-corrected chi connectivity index (χ1v) is 7.79. The number of nitrogens with two attached hydrogens (primary N) is 1. The van der Waals surface area contributed by atoms with Gasteiger partial charge in [-0.15, -0.1) is 0 Å². The molecule has 4 nitrogen and oxygen atoms in total. The molecule has 2 aliphatic heterocycles. The summed E-state index contributed by atoms with van der Waals surface area (Å²) in [7, 11) is 1.76. The number of nitrogens with zero attached hydrogens (tertiary/aromatic N) is 1. The van der Waals surface area contributed by atoms with Gasteiger partial charge in [-0.05, 0) is 18.4 Å². The third kappa shape index (κ3) is 2.05. The fourth-order valence-corrected chi connectivity index (χ4v) is 4.38. The molecular formula is C16H28N2O2. The minimum absolute atomic E-state index is 0.0880. The van der Waals surface area contributed by atoms with E-state index in [9.17, 15) is 0 Å². The van der Waals surface area contributed by atoms with Crippen LogP contribution in [0.3, 0.4) is 0 Å². The van der Waals surface area contributed by atoms with E-state index in [0.29, 0.717) is 12.0 Å². The maximum atomic E-state index is 6.82. The Morgan fingerprint density at radius 1 is 1.50 bits per heavy atom. The molecule has 0 amide bonds. The summed E-state index contributed by atoms with van der Waals surface area (Å²) < 4.78 is 11.1. The van der Waals surface area contributed by atoms with E-state index < -0.39 is 0 Å². The van der Waals surface area contributed by atoms with Crippen LogP contribution in [0.1, 0.15) is 26.7 Å². The van der Waals surface area contributed by atoms with Crippen LogP contribution >= 0.6 is 0 Å². The molecule has 3 atom stereocenters. The molecule has 2 fully saturated rings. The molecule has 0 aromatic rings. The Kier molecular flexibility index (Phi) is 3.70. The van der Waals surface area contributed by atoms with Crippen molar-refractivity contribution in [3.8, 4) is 0 Å². The number of rotatable bonds is 4. The standard InChI is InChI=1S/C16H28N2O2/c1-15(2)14-13(6-9-20-14)16(15,17)11-18-7-4-12(5-8-18)10-19-3/h4,13-14H,5-11,17H2,1-3H3. The SMILES string of the molecule is COCC1=CCN(CC2(N)C3CCOC3C2(C)C)CC1. The van der Waals surface area contributed by atoms with Gasteiger partial charge >= 0.3 is 0 Å². The van der Waals surface area contributed by atoms with Gasteiger partial charge in [0.05, 0.1) is 12.7 Å². The molecular weight excluding hydrogens is 252 g/mol. The summed E-state index contributed by atoms with van der Waals surface area (Å²) in [6, 6.07) is 0. The van der Waals surface area contributed by atoms with Crippen LogP contribution in [-0.4, -0.2) is 56.5 Å². The van der Waals surface area contributed by atoms with Gasteiger partial charge in [-0.3, -0.25) is 4.90 Å². The molecule has 114 valence electrons. The Morgan fingerprint density at radius 2 is 2.30 bits per heavy atom. The van der Waals surface area contributed by atoms with Gasteiger partial charge in [0.2, 0.25) is 0 Å². The monoisotopic (exact) mass is 280 g/mol. The van der Waals surface area contributed by atoms with Gasteiger partial charge in [0.25, 0.3) is 0 Å². The molecule has 0 radical (unpaired) electrons. The highest BCUT2D eigenvalue weighted by Gasteiger charge is 2.67. The second-order valence-electron chi connectivity index (χ2n) is 7.23. The molecule has 20 heavy (non-hydrogen) atoms. The molecule has 0 spiro atoms. The van der Waals surface area contributed by atoms with Crippen LogP contribution in [0.5, 0.6) is 0 Å². The molecule has 3 unspecified atom stereocenters. The van der Waals surface area contributed by atoms with Crippen LogP contribution in [0.25, 0.3) is 0 Å². The topological polar surface area (TPSA) is 47.7 Å². The van der Waals surface area contributed by atoms with Crippen LogP contribution in [0.2, 0.25) is 0 Å². The summed E-state index contributed by atoms with van der Waals surface area (Å²) in [4.78, 5) is 2.50. The largest absolute Gasteiger partial charge is 0.380 e. The van der Waals surface area contributed by atoms with E-state index in [-0.39, 0.29) is 11.0 Å². The van der Waals surface area contributed by atoms with Gasteiger partial charge in [-0.25, -0.2) is 0 Å². The van der Waals surface area contributed by atoms with Crippen molar-refractivity contribution < 1.29 is 9.47 Å². The molecule has 1 saturated heterocycles. The first kappa shape index (κ1) is 14.5. The fourth-order valence-electron chi connectivity index (χ4n) is 4.38. The summed E-state index contributed by atoms with van der Waals surface area (Å²) in [5.41, 5.74) is 8.24. The summed E-state index contributed by atoms with van der Waals surface area (Å²) in [5, 5.41) is 0. The van der Waals surface area contributed by atoms with Gasteiger partial charge in [-0.2, -0.15) is 0 Å². The lowest BCUT2D eigenvalue weighted by molar-refractivity contribution is -0.162. The average molecular weight is 280 g/mol. The highest BCUT2D eigenvalue weighted by Crippen LogP contribution is 2.58. The van der Waals surface area contributed by atoms with E-state index in [2.05, 4.69) is 24.8 Å². The molecule has 4 heteroatoms. The van der Waals surface area contributed by atoms with E-state index in [1.165, 1.54) is 5.57 Å². The lowest BCUT2D eigenvalue weighted by Gasteiger charge is -2.63. The molecule has 3 rings (SSSR count). The predicted octanol–water partition coefficient (Wildman–Crippen LogP) is 1.41. The number of fused-ring (bicyclic) bond motifs is 1. The van der Waals surface area contributed by atoms with Crippen molar-refractivity contribution in [1.82, 2.24) is 4.90 Å². The fraction of sp³-hybridized carbons (Fsp3) is 0.875. The van der Waals surface area contributed by atoms with Crippen molar-refractivity contribution in [2.75, 3.05) is 40.0 Å². The van der Waals surface area contributed by atoms with Crippen molar-refractivity contribution in [2.24, 2.45) is 17.1 Å². The van der Waals surface area contributed by atoms with E-state index in [1.807, 2.05) is 0 Å². The van der Waals surface area contributed by atoms with Crippen molar-refractivity contribution in [3.63, 3.8) is 0 Å². The van der Waals surface area contributed by atoms with Gasteiger partial charge in [-0.1, -0.05) is 19.9 Å². The van der Waals surface area contributed by atoms with Crippen LogP contribution in [-0.2, 0) is 9.47 Å². The van der Waals surface area contributed by atoms with Crippen LogP contribution in [0, 0.1) is 11.3 Å². The van der Waals surface area contributed by atoms with Crippen molar-refractivity contribution in [3.05, 3.63) is 11.6 Å². The Morgan fingerprint density at radius 3 is 2.95 bits per heavy atom. The van der Waals surface area contributed by atoms with Crippen molar-refractivity contribution >= 4 is 0 Å². The summed E-state index contributed by atoms with van der Waals surface area (Å²) in [5.74, 6) is 0.543. The Bertz CT molecular complexity index is 407. The average Bonchev–Trinajstić information content (AvgIpc) is 2.90. The number of ether oxygens (including phenoxy) is 2. The lowest BCUT2D eigenvalue weighted by Crippen LogP contribution is -2.78. The molecule has 1 saturated carbocycles. The summed E-state index contributed by atoms with van der Waals surface area (Å²) in [6.45, 7) is 9.29. The predicted molar refractivity (Wildman–Crippen MR) is 79.6 cm³/mol. The number of hydrogen-bond donors (Lipinski definition) is 1. The van der Waals surface area contributed by atoms with Crippen LogP contribution in [0.4, 0.5) is 0 Å². The highest BCUT2D eigenvalue weighted by molar-refractivity contribution is 5.22. The molecule has 0 aromatic carbocycles. The first-order chi connectivity index (χ1) is 9.49. The summed E-state index contributed by atoms with van der Waals surface area (Å²) >= 11 is 0. The van der Waals surface area contributed by atoms with Crippen molar-refractivity contribution in [1.29, 1.82) is 0 Å². The third-order valence-corrected chi connectivity index (χ3v) is 5.87. The zero-order valence-corrected chi connectivity index (χ0v) is 13.0. The normalized spacial score (nSPS) is 40.1. The molecule has 2 heterocycles. The lowest BCUT2D eigenvalue weighted by atomic mass is 9.48. The number of hydrogen-bond acceptors (Lipinski definition) is 4. The molecule has 0 aromatic heterocycles. The Labute approximate surface area is 122 Å². The van der Waals surface area contributed by atoms with Crippen LogP contribution < -0.4 is 5.73 Å². The van der Waals surface area contributed by atoms with E-state index >= 15 is 0 Å². The summed E-state index contributed by atoms with van der Waals surface area (Å²) in [6.07, 6.45) is 4.92. The van der Waals surface area contributed by atoms with Gasteiger partial charge in [0.15, 0.2) is 0 Å². The smallest absolute Gasteiger partial charge is 0.0691 e. The minimum Gasteiger partial charge on any atom is -0.380 e. The molecule has 1 aliphatic carbocycles. The Balaban J connectivity index is 1.64. The first-order valence-electron chi connectivity index (χ1n) is 7.79. The zero-order chi connectivity index (χ0) is 14.4. The van der Waals surface area contributed by atoms with E-state index in [4.69, 9.17) is 15.2 Å². The second-order valence-corrected chi connectivity index (χ2v) is 7.23. The maximum Gasteiger partial charge on any atom is 0.0691 e. The minimum atomic E-state index is -0.0965. The quantitative estimate of drug-likeness (QED) is 0.791. The Hall–Kier alpha value is -0.420.